The fraction of sp³-hybridized carbons (Fsp3) is 0.412. The van der Waals surface area contributed by atoms with Crippen LogP contribution in [0.4, 0.5) is 0 Å². The zero-order valence-electron chi connectivity index (χ0n) is 13.8. The van der Waals surface area contributed by atoms with Gasteiger partial charge in [0.2, 0.25) is 0 Å². The Labute approximate surface area is 132 Å². The second-order valence-corrected chi connectivity index (χ2v) is 5.52. The quantitative estimate of drug-likeness (QED) is 0.885. The third-order valence-electron chi connectivity index (χ3n) is 3.89. The van der Waals surface area contributed by atoms with Crippen LogP contribution in [0.5, 0.6) is 0 Å². The average molecular weight is 300 g/mol. The summed E-state index contributed by atoms with van der Waals surface area (Å²) in [5, 5.41) is 3.06. The zero-order chi connectivity index (χ0) is 16.1. The third-order valence-corrected chi connectivity index (χ3v) is 3.89. The van der Waals surface area contributed by atoms with E-state index in [4.69, 9.17) is 0 Å². The molecular weight excluding hydrogens is 276 g/mol. The lowest BCUT2D eigenvalue weighted by molar-refractivity contribution is 0.0796. The summed E-state index contributed by atoms with van der Waals surface area (Å²) in [5.41, 5.74) is 3.83. The summed E-state index contributed by atoms with van der Waals surface area (Å²) in [6, 6.07) is 7.86. The average Bonchev–Trinajstić information content (AvgIpc) is 2.81. The molecule has 0 saturated carbocycles. The van der Waals surface area contributed by atoms with Gasteiger partial charge in [0.1, 0.15) is 0 Å². The van der Waals surface area contributed by atoms with Crippen molar-refractivity contribution in [3.63, 3.8) is 0 Å². The number of carbonyl (C=O) groups is 1. The lowest BCUT2D eigenvalue weighted by atomic mass is 10.2. The first kappa shape index (κ1) is 16.2. The van der Waals surface area contributed by atoms with E-state index in [2.05, 4.69) is 14.9 Å². The van der Waals surface area contributed by atoms with E-state index < -0.39 is 0 Å². The Morgan fingerprint density at radius 2 is 2.14 bits per heavy atom. The molecule has 0 spiro atoms. The fourth-order valence-corrected chi connectivity index (χ4v) is 2.50. The van der Waals surface area contributed by atoms with Crippen LogP contribution in [0.3, 0.4) is 0 Å². The van der Waals surface area contributed by atoms with Crippen LogP contribution in [0.2, 0.25) is 0 Å². The van der Waals surface area contributed by atoms with Crippen molar-refractivity contribution in [3.8, 4) is 0 Å². The molecular formula is C17H24N4O. The Balaban J connectivity index is 2.21. The van der Waals surface area contributed by atoms with Gasteiger partial charge in [-0.15, -0.1) is 0 Å². The smallest absolute Gasteiger partial charge is 0.255 e. The van der Waals surface area contributed by atoms with Crippen LogP contribution < -0.4 is 5.32 Å². The van der Waals surface area contributed by atoms with Gasteiger partial charge in [0, 0.05) is 37.7 Å². The largest absolute Gasteiger partial charge is 0.342 e. The summed E-state index contributed by atoms with van der Waals surface area (Å²) in [6.45, 7) is 6.19. The van der Waals surface area contributed by atoms with Crippen molar-refractivity contribution in [1.29, 1.82) is 0 Å². The minimum Gasteiger partial charge on any atom is -0.342 e. The van der Waals surface area contributed by atoms with Crippen molar-refractivity contribution in [3.05, 3.63) is 53.1 Å². The molecule has 1 N–H and O–H groups in total. The molecule has 2 heterocycles. The molecule has 5 heteroatoms. The monoisotopic (exact) mass is 300 g/mol. The van der Waals surface area contributed by atoms with Gasteiger partial charge >= 0.3 is 0 Å². The number of hydrogen-bond donors (Lipinski definition) is 1. The van der Waals surface area contributed by atoms with Gasteiger partial charge in [-0.2, -0.15) is 0 Å². The van der Waals surface area contributed by atoms with Gasteiger partial charge in [0.05, 0.1) is 17.8 Å². The Hall–Kier alpha value is -2.14. The van der Waals surface area contributed by atoms with E-state index in [1.807, 2.05) is 52.2 Å². The van der Waals surface area contributed by atoms with Crippen molar-refractivity contribution in [2.75, 3.05) is 27.2 Å². The molecule has 5 nitrogen and oxygen atoms in total. The van der Waals surface area contributed by atoms with Gasteiger partial charge in [0.15, 0.2) is 0 Å². The molecule has 0 bridgehead atoms. The van der Waals surface area contributed by atoms with E-state index in [0.717, 1.165) is 29.2 Å². The maximum Gasteiger partial charge on any atom is 0.255 e. The van der Waals surface area contributed by atoms with Gasteiger partial charge in [-0.25, -0.2) is 0 Å². The number of pyridine rings is 1. The number of nitrogens with zero attached hydrogens (tertiary/aromatic N) is 3. The van der Waals surface area contributed by atoms with Crippen LogP contribution in [-0.2, 0) is 6.54 Å². The zero-order valence-corrected chi connectivity index (χ0v) is 13.8. The highest BCUT2D eigenvalue weighted by Gasteiger charge is 2.18. The summed E-state index contributed by atoms with van der Waals surface area (Å²) >= 11 is 0. The predicted molar refractivity (Wildman–Crippen MR) is 88.1 cm³/mol. The normalized spacial score (nSPS) is 10.7. The first-order chi connectivity index (χ1) is 10.5. The van der Waals surface area contributed by atoms with E-state index in [9.17, 15) is 4.79 Å². The summed E-state index contributed by atoms with van der Waals surface area (Å²) < 4.78 is 2.14. The third kappa shape index (κ3) is 3.54. The van der Waals surface area contributed by atoms with Gasteiger partial charge < -0.3 is 14.8 Å². The van der Waals surface area contributed by atoms with E-state index >= 15 is 0 Å². The topological polar surface area (TPSA) is 50.2 Å². The molecule has 0 atom stereocenters. The minimum atomic E-state index is 0.0654. The van der Waals surface area contributed by atoms with Crippen LogP contribution in [0.25, 0.3) is 0 Å². The van der Waals surface area contributed by atoms with Crippen LogP contribution in [0.1, 0.15) is 27.4 Å². The molecule has 2 aromatic rings. The highest BCUT2D eigenvalue weighted by Crippen LogP contribution is 2.18. The van der Waals surface area contributed by atoms with E-state index in [1.165, 1.54) is 0 Å². The SMILES string of the molecule is CNCCN(C)C(=O)c1cc(C)n(Cc2ccccn2)c1C. The molecule has 0 aliphatic carbocycles. The summed E-state index contributed by atoms with van der Waals surface area (Å²) in [5.74, 6) is 0.0654. The molecule has 0 aliphatic heterocycles. The summed E-state index contributed by atoms with van der Waals surface area (Å²) in [4.78, 5) is 18.7. The highest BCUT2D eigenvalue weighted by atomic mass is 16.2. The minimum absolute atomic E-state index is 0.0654. The summed E-state index contributed by atoms with van der Waals surface area (Å²) in [6.07, 6.45) is 1.79. The maximum absolute atomic E-state index is 12.6. The number of nitrogens with one attached hydrogen (secondary N) is 1. The van der Waals surface area contributed by atoms with Gasteiger partial charge in [0.25, 0.3) is 5.91 Å². The first-order valence-corrected chi connectivity index (χ1v) is 7.51. The molecule has 2 aromatic heterocycles. The number of carbonyl (C=O) groups excluding carboxylic acids is 1. The Morgan fingerprint density at radius 1 is 1.36 bits per heavy atom. The lowest BCUT2D eigenvalue weighted by Crippen LogP contribution is -2.33. The second-order valence-electron chi connectivity index (χ2n) is 5.52. The van der Waals surface area contributed by atoms with Crippen LogP contribution >= 0.6 is 0 Å². The van der Waals surface area contributed by atoms with Crippen molar-refractivity contribution in [1.82, 2.24) is 19.8 Å². The second kappa shape index (κ2) is 7.22. The molecule has 118 valence electrons. The number of rotatable bonds is 6. The van der Waals surface area contributed by atoms with Crippen molar-refractivity contribution < 1.29 is 4.79 Å². The molecule has 2 rings (SSSR count). The van der Waals surface area contributed by atoms with Gasteiger partial charge in [-0.3, -0.25) is 9.78 Å². The Bertz CT molecular complexity index is 634. The van der Waals surface area contributed by atoms with Crippen molar-refractivity contribution in [2.24, 2.45) is 0 Å². The molecule has 0 radical (unpaired) electrons. The molecule has 0 fully saturated rings. The molecule has 22 heavy (non-hydrogen) atoms. The number of aromatic nitrogens is 2. The molecule has 0 unspecified atom stereocenters. The van der Waals surface area contributed by atoms with E-state index in [0.29, 0.717) is 13.1 Å². The fourth-order valence-electron chi connectivity index (χ4n) is 2.50. The number of hydrogen-bond acceptors (Lipinski definition) is 3. The van der Waals surface area contributed by atoms with E-state index in [1.54, 1.807) is 11.1 Å². The maximum atomic E-state index is 12.6. The molecule has 1 amide bonds. The first-order valence-electron chi connectivity index (χ1n) is 7.51. The highest BCUT2D eigenvalue weighted by molar-refractivity contribution is 5.95. The van der Waals surface area contributed by atoms with E-state index in [-0.39, 0.29) is 5.91 Å². The Kier molecular flexibility index (Phi) is 5.33. The number of likely N-dealkylation sites (N-methyl/N-ethyl adjacent to an activating group) is 2. The van der Waals surface area contributed by atoms with Crippen LogP contribution in [0, 0.1) is 13.8 Å². The van der Waals surface area contributed by atoms with Crippen molar-refractivity contribution >= 4 is 5.91 Å². The number of aryl methyl sites for hydroxylation is 1. The summed E-state index contributed by atoms with van der Waals surface area (Å²) in [7, 11) is 3.72. The van der Waals surface area contributed by atoms with Gasteiger partial charge in [-0.05, 0) is 39.1 Å². The van der Waals surface area contributed by atoms with Crippen LogP contribution in [-0.4, -0.2) is 47.5 Å². The standard InChI is InChI=1S/C17H24N4O/c1-13-11-16(17(22)20(4)10-9-18-3)14(2)21(13)12-15-7-5-6-8-19-15/h5-8,11,18H,9-10,12H2,1-4H3. The molecule has 0 aromatic carbocycles. The lowest BCUT2D eigenvalue weighted by Gasteiger charge is -2.17. The van der Waals surface area contributed by atoms with Crippen LogP contribution in [0.15, 0.2) is 30.5 Å². The predicted octanol–water partition coefficient (Wildman–Crippen LogP) is 1.84. The molecule has 0 saturated heterocycles. The Morgan fingerprint density at radius 3 is 2.77 bits per heavy atom. The molecule has 0 aliphatic rings. The number of amides is 1. The van der Waals surface area contributed by atoms with Gasteiger partial charge in [-0.1, -0.05) is 6.07 Å². The van der Waals surface area contributed by atoms with Crippen molar-refractivity contribution in [2.45, 2.75) is 20.4 Å².